The van der Waals surface area contributed by atoms with Gasteiger partial charge in [-0.3, -0.25) is 19.0 Å². The third-order valence-electron chi connectivity index (χ3n) is 3.57. The van der Waals surface area contributed by atoms with Crippen molar-refractivity contribution in [3.05, 3.63) is 59.2 Å². The number of hydrogen-bond acceptors (Lipinski definition) is 7. The van der Waals surface area contributed by atoms with Crippen molar-refractivity contribution in [1.29, 1.82) is 0 Å². The summed E-state index contributed by atoms with van der Waals surface area (Å²) in [6.07, 6.45) is 5.79. The van der Waals surface area contributed by atoms with E-state index in [9.17, 15) is 14.4 Å². The molecule has 3 N–H and O–H groups in total. The molecule has 10 heteroatoms. The third-order valence-corrected chi connectivity index (χ3v) is 4.30. The van der Waals surface area contributed by atoms with Gasteiger partial charge in [-0.1, -0.05) is 0 Å². The largest absolute Gasteiger partial charge is 0.363 e. The first-order valence-electron chi connectivity index (χ1n) is 7.50. The van der Waals surface area contributed by atoms with Crippen LogP contribution in [0.15, 0.2) is 47.9 Å². The third kappa shape index (κ3) is 3.81. The van der Waals surface area contributed by atoms with Gasteiger partial charge in [-0.15, -0.1) is 0 Å². The van der Waals surface area contributed by atoms with Crippen molar-refractivity contribution in [2.45, 2.75) is 12.5 Å². The fraction of sp³-hybridized carbons (Fsp3) is 0.125. The number of ketones is 1. The van der Waals surface area contributed by atoms with Gasteiger partial charge in [0.15, 0.2) is 0 Å². The molecule has 0 radical (unpaired) electrons. The van der Waals surface area contributed by atoms with Crippen molar-refractivity contribution in [3.8, 4) is 5.82 Å². The lowest BCUT2D eigenvalue weighted by Crippen LogP contribution is -2.47. The number of Topliss-reactive ketones (excluding diaryl/α,β-unsaturated/α-hetero) is 1. The fourth-order valence-corrected chi connectivity index (χ4v) is 3.01. The number of rotatable bonds is 7. The number of carbonyl (C=O) groups excluding carboxylic acids is 3. The number of nitrogens with two attached hydrogens (primary N) is 1. The average molecular weight is 370 g/mol. The molecular formula is C16H14N6O3S. The van der Waals surface area contributed by atoms with Crippen LogP contribution < -0.4 is 11.1 Å². The highest BCUT2D eigenvalue weighted by Gasteiger charge is 2.27. The summed E-state index contributed by atoms with van der Waals surface area (Å²) in [5.41, 5.74) is 6.09. The van der Waals surface area contributed by atoms with Gasteiger partial charge in [-0.05, 0) is 28.5 Å². The van der Waals surface area contributed by atoms with Gasteiger partial charge in [0, 0.05) is 12.6 Å². The summed E-state index contributed by atoms with van der Waals surface area (Å²) in [4.78, 5) is 47.9. The highest BCUT2D eigenvalue weighted by Crippen LogP contribution is 2.11. The molecule has 0 fully saturated rings. The predicted octanol–water partition coefficient (Wildman–Crippen LogP) is 0.119. The van der Waals surface area contributed by atoms with E-state index in [0.29, 0.717) is 5.82 Å². The predicted molar refractivity (Wildman–Crippen MR) is 92.6 cm³/mol. The molecule has 3 aromatic rings. The summed E-state index contributed by atoms with van der Waals surface area (Å²) in [6, 6.07) is 2.35. The van der Waals surface area contributed by atoms with Gasteiger partial charge >= 0.3 is 0 Å². The first-order chi connectivity index (χ1) is 12.6. The van der Waals surface area contributed by atoms with Crippen LogP contribution in [0, 0.1) is 0 Å². The number of thiophene rings is 1. The van der Waals surface area contributed by atoms with Gasteiger partial charge in [-0.25, -0.2) is 15.0 Å². The van der Waals surface area contributed by atoms with Crippen molar-refractivity contribution in [1.82, 2.24) is 24.8 Å². The molecule has 3 heterocycles. The Morgan fingerprint density at radius 2 is 2.12 bits per heavy atom. The van der Waals surface area contributed by atoms with Gasteiger partial charge in [0.2, 0.25) is 5.78 Å². The highest BCUT2D eigenvalue weighted by atomic mass is 32.1. The lowest BCUT2D eigenvalue weighted by Gasteiger charge is -2.16. The molecule has 0 aliphatic heterocycles. The molecular weight excluding hydrogens is 356 g/mol. The number of aromatic nitrogens is 4. The van der Waals surface area contributed by atoms with Gasteiger partial charge in [0.25, 0.3) is 11.8 Å². The van der Waals surface area contributed by atoms with E-state index in [2.05, 4.69) is 20.3 Å². The number of primary amides is 1. The van der Waals surface area contributed by atoms with Crippen molar-refractivity contribution < 1.29 is 14.4 Å². The molecule has 3 aromatic heterocycles. The Labute approximate surface area is 151 Å². The Bertz CT molecular complexity index is 923. The van der Waals surface area contributed by atoms with Crippen LogP contribution in [0.3, 0.4) is 0 Å². The second-order valence-corrected chi connectivity index (χ2v) is 6.09. The van der Waals surface area contributed by atoms with Crippen molar-refractivity contribution in [2.24, 2.45) is 5.73 Å². The summed E-state index contributed by atoms with van der Waals surface area (Å²) in [5, 5.41) is 6.23. The molecule has 0 saturated carbocycles. The zero-order valence-corrected chi connectivity index (χ0v) is 14.2. The first kappa shape index (κ1) is 17.4. The van der Waals surface area contributed by atoms with Crippen LogP contribution in [-0.2, 0) is 16.0 Å². The smallest absolute Gasteiger partial charge is 0.287 e. The molecule has 0 aliphatic rings. The summed E-state index contributed by atoms with van der Waals surface area (Å²) in [5.74, 6) is -2.10. The molecule has 1 unspecified atom stereocenters. The number of nitrogens with zero attached hydrogens (tertiary/aromatic N) is 4. The minimum absolute atomic E-state index is 0.163. The van der Waals surface area contributed by atoms with E-state index in [0.717, 1.165) is 5.56 Å². The maximum absolute atomic E-state index is 12.6. The monoisotopic (exact) mass is 370 g/mol. The van der Waals surface area contributed by atoms with E-state index in [1.807, 2.05) is 16.8 Å². The Balaban J connectivity index is 1.83. The van der Waals surface area contributed by atoms with Crippen LogP contribution >= 0.6 is 11.3 Å². The van der Waals surface area contributed by atoms with Crippen LogP contribution in [-0.4, -0.2) is 43.2 Å². The summed E-state index contributed by atoms with van der Waals surface area (Å²) >= 11 is 1.45. The van der Waals surface area contributed by atoms with Crippen LogP contribution in [0.4, 0.5) is 0 Å². The Hall–Kier alpha value is -3.40. The second-order valence-electron chi connectivity index (χ2n) is 5.31. The summed E-state index contributed by atoms with van der Waals surface area (Å²) in [7, 11) is 0. The quantitative estimate of drug-likeness (QED) is 0.568. The van der Waals surface area contributed by atoms with E-state index in [-0.39, 0.29) is 12.1 Å². The number of imidazole rings is 1. The first-order valence-corrected chi connectivity index (χ1v) is 8.45. The zero-order valence-electron chi connectivity index (χ0n) is 13.4. The molecule has 0 saturated heterocycles. The Morgan fingerprint density at radius 3 is 2.77 bits per heavy atom. The lowest BCUT2D eigenvalue weighted by molar-refractivity contribution is -0.137. The minimum atomic E-state index is -1.10. The SMILES string of the molecule is NC(=O)C(=O)C(Cc1ccsc1)NC(=O)c1cncn1-c1ccncn1. The topological polar surface area (TPSA) is 133 Å². The Morgan fingerprint density at radius 1 is 1.27 bits per heavy atom. The number of carbonyl (C=O) groups is 3. The van der Waals surface area contributed by atoms with Crippen LogP contribution in [0.2, 0.25) is 0 Å². The maximum atomic E-state index is 12.6. The van der Waals surface area contributed by atoms with E-state index in [1.165, 1.54) is 41.0 Å². The van der Waals surface area contributed by atoms with E-state index < -0.39 is 23.6 Å². The van der Waals surface area contributed by atoms with Gasteiger partial charge in [0.05, 0.1) is 6.20 Å². The molecule has 1 atom stereocenters. The van der Waals surface area contributed by atoms with Crippen molar-refractivity contribution in [2.75, 3.05) is 0 Å². The number of amides is 2. The van der Waals surface area contributed by atoms with E-state index in [1.54, 1.807) is 6.07 Å². The molecule has 0 aromatic carbocycles. The summed E-state index contributed by atoms with van der Waals surface area (Å²) in [6.45, 7) is 0. The standard InChI is InChI=1S/C16H14N6O3S/c17-15(24)14(23)11(5-10-2-4-26-7-10)21-16(25)12-6-19-9-22(12)13-1-3-18-8-20-13/h1-4,6-9,11H,5H2,(H2,17,24)(H,21,25). The molecule has 2 amide bonds. The molecule has 0 bridgehead atoms. The van der Waals surface area contributed by atoms with Crippen molar-refractivity contribution >= 4 is 28.9 Å². The molecule has 9 nitrogen and oxygen atoms in total. The fourth-order valence-electron chi connectivity index (χ4n) is 2.33. The Kier molecular flexibility index (Phi) is 5.13. The van der Waals surface area contributed by atoms with Crippen molar-refractivity contribution in [3.63, 3.8) is 0 Å². The summed E-state index contributed by atoms with van der Waals surface area (Å²) < 4.78 is 1.45. The number of hydrogen-bond donors (Lipinski definition) is 2. The van der Waals surface area contributed by atoms with E-state index in [4.69, 9.17) is 5.73 Å². The molecule has 3 rings (SSSR count). The van der Waals surface area contributed by atoms with Crippen LogP contribution in [0.5, 0.6) is 0 Å². The molecule has 26 heavy (non-hydrogen) atoms. The lowest BCUT2D eigenvalue weighted by atomic mass is 10.0. The van der Waals surface area contributed by atoms with Gasteiger partial charge in [-0.2, -0.15) is 11.3 Å². The second kappa shape index (κ2) is 7.66. The highest BCUT2D eigenvalue weighted by molar-refractivity contribution is 7.07. The maximum Gasteiger partial charge on any atom is 0.287 e. The minimum Gasteiger partial charge on any atom is -0.363 e. The molecule has 0 spiro atoms. The zero-order chi connectivity index (χ0) is 18.5. The van der Waals surface area contributed by atoms with Gasteiger partial charge < -0.3 is 11.1 Å². The van der Waals surface area contributed by atoms with Crippen LogP contribution in [0.25, 0.3) is 5.82 Å². The van der Waals surface area contributed by atoms with E-state index >= 15 is 0 Å². The molecule has 132 valence electrons. The van der Waals surface area contributed by atoms with Crippen LogP contribution in [0.1, 0.15) is 16.1 Å². The number of nitrogens with one attached hydrogen (secondary N) is 1. The molecule has 0 aliphatic carbocycles. The normalized spacial score (nSPS) is 11.7. The average Bonchev–Trinajstić information content (AvgIpc) is 3.32. The van der Waals surface area contributed by atoms with Gasteiger partial charge in [0.1, 0.15) is 30.2 Å².